The number of carbonyl (C=O) groups is 1. The molecule has 0 aliphatic heterocycles. The molecule has 0 aliphatic carbocycles. The Bertz CT molecular complexity index is 379. The van der Waals surface area contributed by atoms with Gasteiger partial charge in [0.2, 0.25) is 0 Å². The van der Waals surface area contributed by atoms with Gasteiger partial charge in [0, 0.05) is 10.9 Å². The largest absolute Gasteiger partial charge is 0.469 e. The summed E-state index contributed by atoms with van der Waals surface area (Å²) >= 11 is 6.09. The van der Waals surface area contributed by atoms with Crippen LogP contribution in [0.25, 0.3) is 0 Å². The molecule has 0 heterocycles. The average Bonchev–Trinajstić information content (AvgIpc) is 2.29. The number of aryl methyl sites for hydroxylation is 1. The fourth-order valence-corrected chi connectivity index (χ4v) is 1.85. The summed E-state index contributed by atoms with van der Waals surface area (Å²) in [5.74, 6) is -0.354. The lowest BCUT2D eigenvalue weighted by molar-refractivity contribution is -0.141. The number of rotatable bonds is 4. The molecule has 1 rings (SSSR count). The first-order valence-corrected chi connectivity index (χ1v) is 5.49. The second kappa shape index (κ2) is 5.87. The summed E-state index contributed by atoms with van der Waals surface area (Å²) in [5, 5.41) is 0.643. The van der Waals surface area contributed by atoms with Crippen molar-refractivity contribution >= 4 is 17.6 Å². The molecule has 88 valence electrons. The normalized spacial score (nSPS) is 12.2. The minimum absolute atomic E-state index is 0.0835. The molecule has 0 saturated heterocycles. The number of methoxy groups -OCH3 is 1. The highest BCUT2D eigenvalue weighted by Gasteiger charge is 2.17. The number of nitrogens with two attached hydrogens (primary N) is 1. The highest BCUT2D eigenvalue weighted by atomic mass is 35.5. The highest BCUT2D eigenvalue weighted by molar-refractivity contribution is 6.31. The third kappa shape index (κ3) is 3.22. The van der Waals surface area contributed by atoms with E-state index in [2.05, 4.69) is 4.74 Å². The van der Waals surface area contributed by atoms with Gasteiger partial charge in [0.05, 0.1) is 13.5 Å². The molecule has 2 N–H and O–H groups in total. The van der Waals surface area contributed by atoms with Gasteiger partial charge in [-0.15, -0.1) is 0 Å². The molecule has 16 heavy (non-hydrogen) atoms. The van der Waals surface area contributed by atoms with E-state index in [1.807, 2.05) is 25.1 Å². The van der Waals surface area contributed by atoms with Crippen LogP contribution < -0.4 is 5.73 Å². The van der Waals surface area contributed by atoms with E-state index in [-0.39, 0.29) is 18.3 Å². The molecule has 0 fully saturated rings. The molecular formula is C12H16ClNO2. The summed E-state index contributed by atoms with van der Waals surface area (Å²) < 4.78 is 4.64. The van der Waals surface area contributed by atoms with Gasteiger partial charge in [-0.3, -0.25) is 4.79 Å². The van der Waals surface area contributed by atoms with Crippen molar-refractivity contribution in [1.82, 2.24) is 0 Å². The predicted octanol–water partition coefficient (Wildman–Crippen LogP) is 2.25. The van der Waals surface area contributed by atoms with E-state index in [1.54, 1.807) is 0 Å². The molecular weight excluding hydrogens is 226 g/mol. The summed E-state index contributed by atoms with van der Waals surface area (Å²) in [6.45, 7) is 2.35. The number of benzene rings is 1. The Balaban J connectivity index is 2.94. The van der Waals surface area contributed by atoms with Crippen molar-refractivity contribution < 1.29 is 9.53 Å². The van der Waals surface area contributed by atoms with Crippen molar-refractivity contribution in [3.63, 3.8) is 0 Å². The molecule has 0 bridgehead atoms. The van der Waals surface area contributed by atoms with Crippen LogP contribution >= 0.6 is 11.6 Å². The fraction of sp³-hybridized carbons (Fsp3) is 0.417. The number of carbonyl (C=O) groups excluding carboxylic acids is 1. The maximum atomic E-state index is 11.2. The first-order valence-electron chi connectivity index (χ1n) is 5.11. The summed E-state index contributed by atoms with van der Waals surface area (Å²) in [6, 6.07) is 5.71. The van der Waals surface area contributed by atoms with E-state index in [9.17, 15) is 4.79 Å². The summed E-state index contributed by atoms with van der Waals surface area (Å²) in [4.78, 5) is 11.2. The van der Waals surface area contributed by atoms with E-state index < -0.39 is 0 Å². The topological polar surface area (TPSA) is 52.3 Å². The average molecular weight is 242 g/mol. The lowest BCUT2D eigenvalue weighted by atomic mass is 9.94. The van der Waals surface area contributed by atoms with Crippen LogP contribution in [0.1, 0.15) is 23.5 Å². The lowest BCUT2D eigenvalue weighted by Crippen LogP contribution is -2.17. The third-order valence-corrected chi connectivity index (χ3v) is 2.86. The van der Waals surface area contributed by atoms with E-state index in [0.717, 1.165) is 11.1 Å². The Kier molecular flexibility index (Phi) is 4.77. The lowest BCUT2D eigenvalue weighted by Gasteiger charge is -2.16. The number of hydrogen-bond donors (Lipinski definition) is 1. The van der Waals surface area contributed by atoms with Crippen molar-refractivity contribution in [1.29, 1.82) is 0 Å². The Morgan fingerprint density at radius 1 is 1.56 bits per heavy atom. The molecule has 0 aromatic heterocycles. The zero-order valence-corrected chi connectivity index (χ0v) is 10.3. The van der Waals surface area contributed by atoms with Gasteiger partial charge in [0.25, 0.3) is 0 Å². The van der Waals surface area contributed by atoms with Gasteiger partial charge < -0.3 is 10.5 Å². The van der Waals surface area contributed by atoms with Crippen LogP contribution in [0.2, 0.25) is 5.02 Å². The van der Waals surface area contributed by atoms with E-state index >= 15 is 0 Å². The molecule has 0 radical (unpaired) electrons. The smallest absolute Gasteiger partial charge is 0.306 e. The van der Waals surface area contributed by atoms with Gasteiger partial charge in [0.15, 0.2) is 0 Å². The van der Waals surface area contributed by atoms with Gasteiger partial charge in [-0.25, -0.2) is 0 Å². The number of ether oxygens (including phenoxy) is 1. The van der Waals surface area contributed by atoms with Crippen LogP contribution in [0.15, 0.2) is 18.2 Å². The predicted molar refractivity (Wildman–Crippen MR) is 64.6 cm³/mol. The van der Waals surface area contributed by atoms with E-state index in [1.165, 1.54) is 7.11 Å². The maximum Gasteiger partial charge on any atom is 0.306 e. The molecule has 1 aromatic rings. The molecule has 0 amide bonds. The second-order valence-electron chi connectivity index (χ2n) is 3.74. The van der Waals surface area contributed by atoms with Crippen molar-refractivity contribution in [2.75, 3.05) is 13.7 Å². The number of hydrogen-bond acceptors (Lipinski definition) is 3. The molecule has 0 saturated carbocycles. The summed E-state index contributed by atoms with van der Waals surface area (Å²) in [5.41, 5.74) is 7.67. The van der Waals surface area contributed by atoms with E-state index in [4.69, 9.17) is 17.3 Å². The monoisotopic (exact) mass is 241 g/mol. The third-order valence-electron chi connectivity index (χ3n) is 2.52. The minimum atomic E-state index is -0.270. The van der Waals surface area contributed by atoms with Crippen LogP contribution in [-0.2, 0) is 9.53 Å². The molecule has 1 unspecified atom stereocenters. The molecule has 4 heteroatoms. The van der Waals surface area contributed by atoms with Gasteiger partial charge in [0.1, 0.15) is 0 Å². The van der Waals surface area contributed by atoms with Crippen LogP contribution in [0.5, 0.6) is 0 Å². The Morgan fingerprint density at radius 3 is 2.81 bits per heavy atom. The van der Waals surface area contributed by atoms with Gasteiger partial charge in [-0.2, -0.15) is 0 Å². The van der Waals surface area contributed by atoms with Crippen LogP contribution in [-0.4, -0.2) is 19.6 Å². The van der Waals surface area contributed by atoms with Gasteiger partial charge >= 0.3 is 5.97 Å². The second-order valence-corrected chi connectivity index (χ2v) is 4.15. The zero-order chi connectivity index (χ0) is 12.1. The standard InChI is InChI=1S/C12H16ClNO2/c1-8-3-4-11(13)10(5-8)9(7-14)6-12(15)16-2/h3-5,9H,6-7,14H2,1-2H3. The van der Waals surface area contributed by atoms with Crippen LogP contribution in [0.3, 0.4) is 0 Å². The van der Waals surface area contributed by atoms with Gasteiger partial charge in [-0.1, -0.05) is 29.3 Å². The van der Waals surface area contributed by atoms with Crippen molar-refractivity contribution in [2.45, 2.75) is 19.3 Å². The summed E-state index contributed by atoms with van der Waals surface area (Å²) in [6.07, 6.45) is 0.260. The minimum Gasteiger partial charge on any atom is -0.469 e. The summed E-state index contributed by atoms with van der Waals surface area (Å²) in [7, 11) is 1.37. The first kappa shape index (κ1) is 13.0. The molecule has 1 atom stereocenters. The zero-order valence-electron chi connectivity index (χ0n) is 9.50. The Morgan fingerprint density at radius 2 is 2.25 bits per heavy atom. The van der Waals surface area contributed by atoms with Crippen molar-refractivity contribution in [3.05, 3.63) is 34.3 Å². The molecule has 3 nitrogen and oxygen atoms in total. The number of esters is 1. The van der Waals surface area contributed by atoms with Gasteiger partial charge in [-0.05, 0) is 25.1 Å². The highest BCUT2D eigenvalue weighted by Crippen LogP contribution is 2.27. The SMILES string of the molecule is COC(=O)CC(CN)c1cc(C)ccc1Cl. The quantitative estimate of drug-likeness (QED) is 0.823. The molecule has 0 aliphatic rings. The Hall–Kier alpha value is -1.06. The molecule has 0 spiro atoms. The first-order chi connectivity index (χ1) is 7.58. The van der Waals surface area contributed by atoms with E-state index in [0.29, 0.717) is 11.6 Å². The fourth-order valence-electron chi connectivity index (χ4n) is 1.58. The van der Waals surface area contributed by atoms with Crippen molar-refractivity contribution in [2.24, 2.45) is 5.73 Å². The molecule has 1 aromatic carbocycles. The number of halogens is 1. The van der Waals surface area contributed by atoms with Crippen LogP contribution in [0.4, 0.5) is 0 Å². The Labute approximate surface area is 101 Å². The maximum absolute atomic E-state index is 11.2. The van der Waals surface area contributed by atoms with Crippen LogP contribution in [0, 0.1) is 6.92 Å². The van der Waals surface area contributed by atoms with Crippen molar-refractivity contribution in [3.8, 4) is 0 Å².